The average Bonchev–Trinajstić information content (AvgIpc) is 2.02. The number of amides is 1. The van der Waals surface area contributed by atoms with Crippen LogP contribution in [0.2, 0.25) is 0 Å². The molecule has 0 aliphatic heterocycles. The van der Waals surface area contributed by atoms with E-state index >= 15 is 0 Å². The SMILES string of the molecule is CCS(C)(=O)=NC(=O)C1(C#N)CCC1. The Balaban J connectivity index is 2.93. The van der Waals surface area contributed by atoms with E-state index in [0.29, 0.717) is 18.6 Å². The first-order valence-electron chi connectivity index (χ1n) is 4.61. The van der Waals surface area contributed by atoms with Crippen LogP contribution in [-0.2, 0) is 14.5 Å². The Labute approximate surface area is 84.5 Å². The van der Waals surface area contributed by atoms with Gasteiger partial charge in [0, 0.05) is 12.0 Å². The van der Waals surface area contributed by atoms with Crippen molar-refractivity contribution in [1.82, 2.24) is 0 Å². The molecule has 1 rings (SSSR count). The van der Waals surface area contributed by atoms with Gasteiger partial charge in [0.2, 0.25) is 0 Å². The second kappa shape index (κ2) is 3.70. The van der Waals surface area contributed by atoms with Crippen molar-refractivity contribution in [3.05, 3.63) is 0 Å². The molecule has 0 spiro atoms. The molecule has 1 unspecified atom stereocenters. The lowest BCUT2D eigenvalue weighted by molar-refractivity contribution is -0.127. The Hall–Kier alpha value is -0.890. The highest BCUT2D eigenvalue weighted by Crippen LogP contribution is 2.41. The van der Waals surface area contributed by atoms with Gasteiger partial charge in [-0.3, -0.25) is 4.79 Å². The van der Waals surface area contributed by atoms with Gasteiger partial charge in [-0.1, -0.05) is 6.92 Å². The molecule has 1 amide bonds. The van der Waals surface area contributed by atoms with Crippen molar-refractivity contribution in [2.75, 3.05) is 12.0 Å². The van der Waals surface area contributed by atoms with E-state index in [9.17, 15) is 9.00 Å². The van der Waals surface area contributed by atoms with Gasteiger partial charge in [-0.15, -0.1) is 0 Å². The van der Waals surface area contributed by atoms with Crippen molar-refractivity contribution in [2.45, 2.75) is 26.2 Å². The van der Waals surface area contributed by atoms with Crippen molar-refractivity contribution in [3.8, 4) is 6.07 Å². The first-order chi connectivity index (χ1) is 6.46. The topological polar surface area (TPSA) is 70.3 Å². The third-order valence-electron chi connectivity index (χ3n) is 2.64. The third-order valence-corrected chi connectivity index (χ3v) is 4.27. The van der Waals surface area contributed by atoms with Gasteiger partial charge in [0.05, 0.1) is 15.8 Å². The molecule has 0 heterocycles. The third kappa shape index (κ3) is 1.95. The van der Waals surface area contributed by atoms with Crippen LogP contribution in [0.25, 0.3) is 0 Å². The summed E-state index contributed by atoms with van der Waals surface area (Å²) in [7, 11) is -2.41. The molecule has 0 aromatic rings. The van der Waals surface area contributed by atoms with Gasteiger partial charge in [-0.2, -0.15) is 9.62 Å². The number of rotatable bonds is 2. The minimum atomic E-state index is -2.41. The average molecular weight is 214 g/mol. The number of carbonyl (C=O) groups excluding carboxylic acids is 1. The highest BCUT2D eigenvalue weighted by molar-refractivity contribution is 7.93. The summed E-state index contributed by atoms with van der Waals surface area (Å²) >= 11 is 0. The molecule has 14 heavy (non-hydrogen) atoms. The van der Waals surface area contributed by atoms with Gasteiger partial charge in [-0.05, 0) is 19.3 Å². The molecule has 1 aliphatic carbocycles. The van der Waals surface area contributed by atoms with Crippen LogP contribution in [0.4, 0.5) is 0 Å². The molecule has 0 radical (unpaired) electrons. The Morgan fingerprint density at radius 1 is 1.64 bits per heavy atom. The summed E-state index contributed by atoms with van der Waals surface area (Å²) in [6, 6.07) is 1.99. The maximum absolute atomic E-state index is 11.6. The molecule has 0 saturated heterocycles. The predicted molar refractivity (Wildman–Crippen MR) is 53.9 cm³/mol. The summed E-state index contributed by atoms with van der Waals surface area (Å²) in [6.07, 6.45) is 3.45. The van der Waals surface area contributed by atoms with Crippen LogP contribution >= 0.6 is 0 Å². The van der Waals surface area contributed by atoms with Crippen molar-refractivity contribution in [1.29, 1.82) is 5.26 Å². The maximum Gasteiger partial charge on any atom is 0.274 e. The van der Waals surface area contributed by atoms with Crippen LogP contribution in [-0.4, -0.2) is 22.1 Å². The number of nitrogens with zero attached hydrogens (tertiary/aromatic N) is 2. The molecule has 0 N–H and O–H groups in total. The monoisotopic (exact) mass is 214 g/mol. The summed E-state index contributed by atoms with van der Waals surface area (Å²) in [5, 5.41) is 8.85. The Kier molecular flexibility index (Phi) is 2.95. The summed E-state index contributed by atoms with van der Waals surface area (Å²) in [5.74, 6) is -0.138. The fourth-order valence-electron chi connectivity index (χ4n) is 1.23. The second-order valence-electron chi connectivity index (χ2n) is 3.69. The van der Waals surface area contributed by atoms with E-state index in [1.54, 1.807) is 6.92 Å². The molecule has 0 aromatic carbocycles. The normalized spacial score (nSPS) is 22.6. The number of nitriles is 1. The molecule has 1 fully saturated rings. The van der Waals surface area contributed by atoms with E-state index in [1.165, 1.54) is 6.26 Å². The van der Waals surface area contributed by atoms with Crippen LogP contribution in [0.15, 0.2) is 4.36 Å². The van der Waals surface area contributed by atoms with Crippen LogP contribution in [0, 0.1) is 16.7 Å². The van der Waals surface area contributed by atoms with E-state index in [0.717, 1.165) is 6.42 Å². The zero-order chi connectivity index (χ0) is 10.8. The summed E-state index contributed by atoms with van der Waals surface area (Å²) in [5.41, 5.74) is -0.951. The Morgan fingerprint density at radius 2 is 2.21 bits per heavy atom. The minimum absolute atomic E-state index is 0.347. The quantitative estimate of drug-likeness (QED) is 0.696. The summed E-state index contributed by atoms with van der Waals surface area (Å²) < 4.78 is 15.2. The van der Waals surface area contributed by atoms with Crippen molar-refractivity contribution < 1.29 is 9.00 Å². The minimum Gasteiger partial charge on any atom is -0.270 e. The van der Waals surface area contributed by atoms with Crippen LogP contribution in [0.1, 0.15) is 26.2 Å². The zero-order valence-electron chi connectivity index (χ0n) is 8.45. The van der Waals surface area contributed by atoms with E-state index in [2.05, 4.69) is 4.36 Å². The Bertz CT molecular complexity index is 396. The molecule has 4 nitrogen and oxygen atoms in total. The van der Waals surface area contributed by atoms with E-state index in [1.807, 2.05) is 6.07 Å². The van der Waals surface area contributed by atoms with E-state index < -0.39 is 21.1 Å². The van der Waals surface area contributed by atoms with Gasteiger partial charge >= 0.3 is 0 Å². The van der Waals surface area contributed by atoms with Crippen molar-refractivity contribution in [2.24, 2.45) is 9.78 Å². The lowest BCUT2D eigenvalue weighted by atomic mass is 9.69. The van der Waals surface area contributed by atoms with E-state index in [-0.39, 0.29) is 0 Å². The highest BCUT2D eigenvalue weighted by Gasteiger charge is 2.45. The number of hydrogen-bond donors (Lipinski definition) is 0. The smallest absolute Gasteiger partial charge is 0.270 e. The van der Waals surface area contributed by atoms with Crippen LogP contribution < -0.4 is 0 Å². The maximum atomic E-state index is 11.6. The molecular weight excluding hydrogens is 200 g/mol. The number of hydrogen-bond acceptors (Lipinski definition) is 3. The molecule has 1 aliphatic rings. The van der Waals surface area contributed by atoms with Gasteiger partial charge in [0.15, 0.2) is 0 Å². The van der Waals surface area contributed by atoms with Gasteiger partial charge in [0.25, 0.3) is 5.91 Å². The standard InChI is InChI=1S/C9H14N2O2S/c1-3-14(2,13)11-8(12)9(7-10)5-4-6-9/h3-6H2,1-2H3. The first kappa shape index (κ1) is 11.2. The fourth-order valence-corrected chi connectivity index (χ4v) is 1.89. The van der Waals surface area contributed by atoms with Gasteiger partial charge in [-0.25, -0.2) is 4.21 Å². The lowest BCUT2D eigenvalue weighted by Gasteiger charge is -2.31. The Morgan fingerprint density at radius 3 is 2.50 bits per heavy atom. The molecule has 1 atom stereocenters. The molecule has 0 bridgehead atoms. The number of carbonyl (C=O) groups is 1. The van der Waals surface area contributed by atoms with Gasteiger partial charge < -0.3 is 0 Å². The summed E-state index contributed by atoms with van der Waals surface area (Å²) in [4.78, 5) is 11.6. The molecule has 0 aromatic heterocycles. The van der Waals surface area contributed by atoms with Crippen LogP contribution in [0.5, 0.6) is 0 Å². The molecule has 78 valence electrons. The van der Waals surface area contributed by atoms with Crippen molar-refractivity contribution in [3.63, 3.8) is 0 Å². The first-order valence-corrected chi connectivity index (χ1v) is 6.70. The predicted octanol–water partition coefficient (Wildman–Crippen LogP) is 1.32. The van der Waals surface area contributed by atoms with Gasteiger partial charge in [0.1, 0.15) is 5.41 Å². The highest BCUT2D eigenvalue weighted by atomic mass is 32.2. The fraction of sp³-hybridized carbons (Fsp3) is 0.778. The second-order valence-corrected chi connectivity index (χ2v) is 6.37. The van der Waals surface area contributed by atoms with E-state index in [4.69, 9.17) is 5.26 Å². The summed E-state index contributed by atoms with van der Waals surface area (Å²) in [6.45, 7) is 1.72. The largest absolute Gasteiger partial charge is 0.274 e. The lowest BCUT2D eigenvalue weighted by Crippen LogP contribution is -2.36. The molecular formula is C9H14N2O2S. The molecule has 5 heteroatoms. The molecule has 1 saturated carbocycles. The van der Waals surface area contributed by atoms with Crippen LogP contribution in [0.3, 0.4) is 0 Å². The zero-order valence-corrected chi connectivity index (χ0v) is 9.26. The van der Waals surface area contributed by atoms with Crippen molar-refractivity contribution >= 4 is 15.6 Å².